The van der Waals surface area contributed by atoms with Crippen molar-refractivity contribution in [3.8, 4) is 0 Å². The first-order chi connectivity index (χ1) is 12.7. The lowest BCUT2D eigenvalue weighted by Gasteiger charge is -2.44. The largest absolute Gasteiger partial charge is 0.388 e. The quantitative estimate of drug-likeness (QED) is 0.346. The molecule has 0 aliphatic carbocycles. The molecule has 2 aliphatic heterocycles. The van der Waals surface area contributed by atoms with Crippen molar-refractivity contribution in [2.24, 2.45) is 0 Å². The molecule has 0 radical (unpaired) electrons. The van der Waals surface area contributed by atoms with Crippen LogP contribution in [0.15, 0.2) is 11.6 Å². The second kappa shape index (κ2) is 9.91. The van der Waals surface area contributed by atoms with Gasteiger partial charge in [0, 0.05) is 6.54 Å². The van der Waals surface area contributed by atoms with Crippen LogP contribution in [0.1, 0.15) is 26.7 Å². The first kappa shape index (κ1) is 22.9. The number of rotatable bonds is 7. The van der Waals surface area contributed by atoms with Crippen molar-refractivity contribution in [1.82, 2.24) is 10.2 Å². The van der Waals surface area contributed by atoms with Gasteiger partial charge in [-0.3, -0.25) is 9.69 Å². The second-order valence-electron chi connectivity index (χ2n) is 7.32. The third kappa shape index (κ3) is 5.18. The Bertz CT molecular complexity index is 548. The fourth-order valence-electron chi connectivity index (χ4n) is 3.65. The molecule has 4 N–H and O–H groups in total. The number of nitrogens with one attached hydrogen (secondary N) is 1. The van der Waals surface area contributed by atoms with E-state index in [1.807, 2.05) is 18.0 Å². The number of aliphatic hydroxyl groups excluding tert-OH is 3. The number of halogens is 1. The summed E-state index contributed by atoms with van der Waals surface area (Å²) in [5.41, 5.74) is 0.513. The predicted octanol–water partition coefficient (Wildman–Crippen LogP) is 0.310. The summed E-state index contributed by atoms with van der Waals surface area (Å²) in [5.74, 6) is -0.224. The van der Waals surface area contributed by atoms with Gasteiger partial charge >= 0.3 is 0 Å². The fraction of sp³-hybridized carbons (Fsp3) is 0.833. The third-order valence-corrected chi connectivity index (χ3v) is 6.28. The van der Waals surface area contributed by atoms with Crippen molar-refractivity contribution < 1.29 is 24.9 Å². The van der Waals surface area contributed by atoms with Gasteiger partial charge in [0.2, 0.25) is 5.91 Å². The normalized spacial score (nSPS) is 37.0. The van der Waals surface area contributed by atoms with Gasteiger partial charge in [0.1, 0.15) is 35.9 Å². The highest BCUT2D eigenvalue weighted by atomic mass is 35.5. The molecule has 0 saturated carbocycles. The number of ether oxygens (including phenoxy) is 1. The number of aliphatic hydroxyl groups is 3. The summed E-state index contributed by atoms with van der Waals surface area (Å²) in [6.45, 7) is 4.54. The molecule has 9 heteroatoms. The summed E-state index contributed by atoms with van der Waals surface area (Å²) in [7, 11) is 1.89. The van der Waals surface area contributed by atoms with Crippen LogP contribution in [0.4, 0.5) is 0 Å². The number of hydrogen-bond acceptors (Lipinski definition) is 7. The van der Waals surface area contributed by atoms with Crippen molar-refractivity contribution in [3.05, 3.63) is 11.6 Å². The predicted molar refractivity (Wildman–Crippen MR) is 107 cm³/mol. The number of amides is 1. The van der Waals surface area contributed by atoms with E-state index in [0.29, 0.717) is 0 Å². The van der Waals surface area contributed by atoms with E-state index in [0.717, 1.165) is 19.4 Å². The Hall–Kier alpha value is -0.350. The number of alkyl halides is 1. The van der Waals surface area contributed by atoms with Gasteiger partial charge in [-0.15, -0.1) is 23.4 Å². The minimum Gasteiger partial charge on any atom is -0.388 e. The lowest BCUT2D eigenvalue weighted by Crippen LogP contribution is -2.65. The monoisotopic (exact) mass is 422 g/mol. The Kier molecular flexibility index (Phi) is 8.42. The van der Waals surface area contributed by atoms with E-state index < -0.39 is 47.3 Å². The average molecular weight is 423 g/mol. The maximum absolute atomic E-state index is 12.9. The molecule has 1 amide bonds. The Labute approximate surface area is 170 Å². The summed E-state index contributed by atoms with van der Waals surface area (Å²) in [6.07, 6.45) is 0.804. The second-order valence-corrected chi connectivity index (χ2v) is 8.95. The number of thioether (sulfide) groups is 1. The molecular weight excluding hydrogens is 392 g/mol. The van der Waals surface area contributed by atoms with Crippen LogP contribution in [0, 0.1) is 0 Å². The van der Waals surface area contributed by atoms with Crippen LogP contribution < -0.4 is 5.32 Å². The summed E-state index contributed by atoms with van der Waals surface area (Å²) >= 11 is 7.52. The van der Waals surface area contributed by atoms with E-state index >= 15 is 0 Å². The maximum Gasteiger partial charge on any atom is 0.241 e. The van der Waals surface area contributed by atoms with Gasteiger partial charge in [0.15, 0.2) is 0 Å². The van der Waals surface area contributed by atoms with Gasteiger partial charge in [-0.2, -0.15) is 0 Å². The molecule has 2 heterocycles. The lowest BCUT2D eigenvalue weighted by molar-refractivity contribution is -0.205. The van der Waals surface area contributed by atoms with E-state index in [1.54, 1.807) is 13.2 Å². The number of likely N-dealkylation sites (N-methyl/N-ethyl adjacent to an activating group) is 1. The summed E-state index contributed by atoms with van der Waals surface area (Å²) in [6, 6.07) is -1.12. The molecule has 8 atom stereocenters. The van der Waals surface area contributed by atoms with Gasteiger partial charge in [-0.25, -0.2) is 0 Å². The SMILES string of the molecule is CCCC1=C[C@H](C(=O)N[C@@H]([C@H]2O[C@H](SC)[C@@H](O)[C@H](O)[C@H]2O)[C@@H](C)Cl)N(C)C1. The highest BCUT2D eigenvalue weighted by molar-refractivity contribution is 7.99. The van der Waals surface area contributed by atoms with E-state index in [4.69, 9.17) is 16.3 Å². The molecule has 7 nitrogen and oxygen atoms in total. The molecule has 0 aromatic rings. The molecule has 1 saturated heterocycles. The van der Waals surface area contributed by atoms with Gasteiger partial charge in [-0.1, -0.05) is 25.0 Å². The summed E-state index contributed by atoms with van der Waals surface area (Å²) in [4.78, 5) is 14.8. The fourth-order valence-corrected chi connectivity index (χ4v) is 4.54. The number of nitrogens with zero attached hydrogens (tertiary/aromatic N) is 1. The van der Waals surface area contributed by atoms with Crippen LogP contribution in [0.2, 0.25) is 0 Å². The smallest absolute Gasteiger partial charge is 0.241 e. The minimum atomic E-state index is -1.37. The summed E-state index contributed by atoms with van der Waals surface area (Å²) < 4.78 is 5.78. The van der Waals surface area contributed by atoms with Crippen LogP contribution >= 0.6 is 23.4 Å². The van der Waals surface area contributed by atoms with Gasteiger partial charge in [0.05, 0.1) is 11.4 Å². The standard InChI is InChI=1S/C18H31ClN2O5S/c1-5-6-10-7-11(21(3)8-10)17(25)20-12(9(2)19)16-14(23)13(22)15(24)18(26-16)27-4/h7,9,11-16,18,22-24H,5-6,8H2,1-4H3,(H,20,25)/t9-,11-,12-,13-,14-,15+,16-,18-/m1/s1. The molecule has 0 unspecified atom stereocenters. The zero-order chi connectivity index (χ0) is 20.3. The zero-order valence-corrected chi connectivity index (χ0v) is 17.8. The van der Waals surface area contributed by atoms with Crippen molar-refractivity contribution in [2.75, 3.05) is 19.8 Å². The van der Waals surface area contributed by atoms with Crippen LogP contribution in [0.5, 0.6) is 0 Å². The Morgan fingerprint density at radius 2 is 2.07 bits per heavy atom. The van der Waals surface area contributed by atoms with E-state index in [-0.39, 0.29) is 5.91 Å². The maximum atomic E-state index is 12.9. The van der Waals surface area contributed by atoms with E-state index in [1.165, 1.54) is 17.3 Å². The summed E-state index contributed by atoms with van der Waals surface area (Å²) in [5, 5.41) is 32.9. The van der Waals surface area contributed by atoms with Crippen molar-refractivity contribution in [2.45, 2.75) is 74.0 Å². The number of carbonyl (C=O) groups excluding carboxylic acids is 1. The Balaban J connectivity index is 2.14. The van der Waals surface area contributed by atoms with Crippen LogP contribution in [0.3, 0.4) is 0 Å². The molecule has 0 bridgehead atoms. The number of hydrogen-bond donors (Lipinski definition) is 4. The van der Waals surface area contributed by atoms with Crippen LogP contribution in [0.25, 0.3) is 0 Å². The molecule has 156 valence electrons. The van der Waals surface area contributed by atoms with Gasteiger partial charge < -0.3 is 25.4 Å². The molecular formula is C18H31ClN2O5S. The van der Waals surface area contributed by atoms with E-state index in [2.05, 4.69) is 12.2 Å². The third-order valence-electron chi connectivity index (χ3n) is 5.16. The van der Waals surface area contributed by atoms with Crippen molar-refractivity contribution >= 4 is 29.3 Å². The van der Waals surface area contributed by atoms with Crippen molar-refractivity contribution in [3.63, 3.8) is 0 Å². The topological polar surface area (TPSA) is 102 Å². The molecule has 0 aromatic carbocycles. The van der Waals surface area contributed by atoms with Gasteiger partial charge in [-0.05, 0) is 26.6 Å². The molecule has 1 fully saturated rings. The minimum absolute atomic E-state index is 0.224. The molecule has 0 aromatic heterocycles. The van der Waals surface area contributed by atoms with Crippen molar-refractivity contribution in [1.29, 1.82) is 0 Å². The first-order valence-corrected chi connectivity index (χ1v) is 11.0. The molecule has 2 rings (SSSR count). The van der Waals surface area contributed by atoms with Crippen LogP contribution in [-0.2, 0) is 9.53 Å². The molecule has 27 heavy (non-hydrogen) atoms. The Morgan fingerprint density at radius 3 is 2.63 bits per heavy atom. The molecule has 0 spiro atoms. The molecule has 2 aliphatic rings. The number of carbonyl (C=O) groups is 1. The lowest BCUT2D eigenvalue weighted by atomic mass is 9.93. The van der Waals surface area contributed by atoms with E-state index in [9.17, 15) is 20.1 Å². The van der Waals surface area contributed by atoms with Crippen LogP contribution in [-0.4, -0.2) is 93.3 Å². The van der Waals surface area contributed by atoms with Gasteiger partial charge in [0.25, 0.3) is 0 Å². The Morgan fingerprint density at radius 1 is 1.41 bits per heavy atom. The average Bonchev–Trinajstić information content (AvgIpc) is 2.99. The highest BCUT2D eigenvalue weighted by Crippen LogP contribution is 2.30. The first-order valence-electron chi connectivity index (χ1n) is 9.27. The highest BCUT2D eigenvalue weighted by Gasteiger charge is 2.48. The zero-order valence-electron chi connectivity index (χ0n) is 16.2.